The van der Waals surface area contributed by atoms with Crippen molar-refractivity contribution in [3.63, 3.8) is 0 Å². The predicted octanol–water partition coefficient (Wildman–Crippen LogP) is 2.51. The fourth-order valence-corrected chi connectivity index (χ4v) is 1.79. The molecule has 1 aliphatic rings. The van der Waals surface area contributed by atoms with Crippen LogP contribution < -0.4 is 10.6 Å². The van der Waals surface area contributed by atoms with Crippen LogP contribution in [0.1, 0.15) is 19.8 Å². The first-order valence-corrected chi connectivity index (χ1v) is 5.88. The van der Waals surface area contributed by atoms with Gasteiger partial charge in [-0.2, -0.15) is 0 Å². The number of amides is 2. The molecule has 1 saturated carbocycles. The van der Waals surface area contributed by atoms with Gasteiger partial charge in [0, 0.05) is 23.9 Å². The summed E-state index contributed by atoms with van der Waals surface area (Å²) < 4.78 is 0. The molecule has 1 aromatic rings. The van der Waals surface area contributed by atoms with Gasteiger partial charge in [-0.1, -0.05) is 6.07 Å². The van der Waals surface area contributed by atoms with Crippen molar-refractivity contribution in [1.29, 1.82) is 0 Å². The summed E-state index contributed by atoms with van der Waals surface area (Å²) in [6.45, 7) is 1.96. The molecule has 18 heavy (non-hydrogen) atoms. The maximum atomic E-state index is 11.6. The molecule has 0 bridgehead atoms. The summed E-state index contributed by atoms with van der Waals surface area (Å²) in [5.41, 5.74) is 0.382. The maximum Gasteiger partial charge on any atom is 0.319 e. The lowest BCUT2D eigenvalue weighted by molar-refractivity contribution is -0.384. The highest BCUT2D eigenvalue weighted by molar-refractivity contribution is 5.89. The lowest BCUT2D eigenvalue weighted by Gasteiger charge is -2.13. The number of anilines is 1. The maximum absolute atomic E-state index is 11.6. The topological polar surface area (TPSA) is 84.3 Å². The summed E-state index contributed by atoms with van der Waals surface area (Å²) >= 11 is 0. The zero-order valence-corrected chi connectivity index (χ0v) is 10.1. The van der Waals surface area contributed by atoms with Gasteiger partial charge in [0.05, 0.1) is 4.92 Å². The number of non-ortho nitro benzene ring substituents is 1. The van der Waals surface area contributed by atoms with Gasteiger partial charge in [0.1, 0.15) is 0 Å². The van der Waals surface area contributed by atoms with Gasteiger partial charge < -0.3 is 10.6 Å². The average molecular weight is 249 g/mol. The number of carbonyl (C=O) groups is 1. The molecule has 0 unspecified atom stereocenters. The Kier molecular flexibility index (Phi) is 3.45. The van der Waals surface area contributed by atoms with E-state index in [0.29, 0.717) is 11.6 Å². The molecule has 2 rings (SSSR count). The van der Waals surface area contributed by atoms with E-state index < -0.39 is 4.92 Å². The van der Waals surface area contributed by atoms with Gasteiger partial charge in [0.25, 0.3) is 5.69 Å². The van der Waals surface area contributed by atoms with E-state index in [0.717, 1.165) is 12.8 Å². The van der Waals surface area contributed by atoms with E-state index in [1.807, 2.05) is 6.92 Å². The Balaban J connectivity index is 1.93. The van der Waals surface area contributed by atoms with Crippen molar-refractivity contribution in [1.82, 2.24) is 5.32 Å². The lowest BCUT2D eigenvalue weighted by Crippen LogP contribution is -2.37. The number of nitrogens with zero attached hydrogens (tertiary/aromatic N) is 1. The predicted molar refractivity (Wildman–Crippen MR) is 67.4 cm³/mol. The minimum Gasteiger partial charge on any atom is -0.335 e. The second-order valence-electron chi connectivity index (χ2n) is 4.53. The summed E-state index contributed by atoms with van der Waals surface area (Å²) in [6.07, 6.45) is 2.30. The van der Waals surface area contributed by atoms with Crippen molar-refractivity contribution < 1.29 is 9.72 Å². The summed E-state index contributed by atoms with van der Waals surface area (Å²) in [5.74, 6) is 0.570. The van der Waals surface area contributed by atoms with Crippen molar-refractivity contribution >= 4 is 17.4 Å². The Hall–Kier alpha value is -2.11. The summed E-state index contributed by atoms with van der Waals surface area (Å²) in [7, 11) is 0. The molecule has 1 atom stereocenters. The minimum atomic E-state index is -0.490. The first-order valence-electron chi connectivity index (χ1n) is 5.88. The number of nitro benzene ring substituents is 1. The van der Waals surface area contributed by atoms with Crippen molar-refractivity contribution in [3.8, 4) is 0 Å². The van der Waals surface area contributed by atoms with E-state index in [1.165, 1.54) is 18.2 Å². The van der Waals surface area contributed by atoms with Crippen LogP contribution >= 0.6 is 0 Å². The second kappa shape index (κ2) is 5.03. The largest absolute Gasteiger partial charge is 0.335 e. The van der Waals surface area contributed by atoms with E-state index in [1.54, 1.807) is 6.07 Å². The smallest absolute Gasteiger partial charge is 0.319 e. The number of hydrogen-bond donors (Lipinski definition) is 2. The molecule has 1 aliphatic carbocycles. The Labute approximate surface area is 105 Å². The molecule has 6 heteroatoms. The number of benzene rings is 1. The first-order chi connectivity index (χ1) is 8.56. The van der Waals surface area contributed by atoms with Crippen molar-refractivity contribution in [2.45, 2.75) is 25.8 Å². The van der Waals surface area contributed by atoms with Crippen LogP contribution in [0.3, 0.4) is 0 Å². The normalized spacial score (nSPS) is 15.8. The van der Waals surface area contributed by atoms with Gasteiger partial charge in [-0.3, -0.25) is 10.1 Å². The van der Waals surface area contributed by atoms with Crippen molar-refractivity contribution in [2.24, 2.45) is 5.92 Å². The Morgan fingerprint density at radius 1 is 1.50 bits per heavy atom. The molecule has 1 fully saturated rings. The van der Waals surface area contributed by atoms with Crippen LogP contribution in [0.4, 0.5) is 16.2 Å². The van der Waals surface area contributed by atoms with Gasteiger partial charge in [0.15, 0.2) is 0 Å². The third-order valence-corrected chi connectivity index (χ3v) is 3.00. The molecular weight excluding hydrogens is 234 g/mol. The summed E-state index contributed by atoms with van der Waals surface area (Å²) in [5, 5.41) is 16.0. The molecule has 2 amide bonds. The van der Waals surface area contributed by atoms with E-state index in [-0.39, 0.29) is 17.8 Å². The number of hydrogen-bond acceptors (Lipinski definition) is 3. The average Bonchev–Trinajstić information content (AvgIpc) is 3.12. The Morgan fingerprint density at radius 3 is 2.83 bits per heavy atom. The SMILES string of the molecule is C[C@@H](NC(=O)Nc1cccc([N+](=O)[O-])c1)C1CC1. The molecule has 0 aromatic heterocycles. The van der Waals surface area contributed by atoms with Crippen molar-refractivity contribution in [3.05, 3.63) is 34.4 Å². The number of carbonyl (C=O) groups excluding carboxylic acids is 1. The number of rotatable bonds is 4. The summed E-state index contributed by atoms with van der Waals surface area (Å²) in [4.78, 5) is 21.7. The third kappa shape index (κ3) is 3.19. The number of nitrogens with one attached hydrogen (secondary N) is 2. The monoisotopic (exact) mass is 249 g/mol. The van der Waals surface area contributed by atoms with Gasteiger partial charge in [-0.05, 0) is 31.7 Å². The van der Waals surface area contributed by atoms with E-state index >= 15 is 0 Å². The van der Waals surface area contributed by atoms with Crippen LogP contribution in [-0.2, 0) is 0 Å². The van der Waals surface area contributed by atoms with E-state index in [2.05, 4.69) is 10.6 Å². The molecule has 0 spiro atoms. The van der Waals surface area contributed by atoms with Gasteiger partial charge in [-0.15, -0.1) is 0 Å². The zero-order chi connectivity index (χ0) is 13.1. The molecular formula is C12H15N3O3. The van der Waals surface area contributed by atoms with Gasteiger partial charge >= 0.3 is 6.03 Å². The van der Waals surface area contributed by atoms with E-state index in [9.17, 15) is 14.9 Å². The molecule has 2 N–H and O–H groups in total. The van der Waals surface area contributed by atoms with E-state index in [4.69, 9.17) is 0 Å². The molecule has 0 heterocycles. The highest BCUT2D eigenvalue weighted by Gasteiger charge is 2.28. The standard InChI is InChI=1S/C12H15N3O3/c1-8(9-5-6-9)13-12(16)14-10-3-2-4-11(7-10)15(17)18/h2-4,7-9H,5-6H2,1H3,(H2,13,14,16)/t8-/m1/s1. The second-order valence-corrected chi connectivity index (χ2v) is 4.53. The molecule has 0 radical (unpaired) electrons. The lowest BCUT2D eigenvalue weighted by atomic mass is 10.2. The Morgan fingerprint density at radius 2 is 2.22 bits per heavy atom. The quantitative estimate of drug-likeness (QED) is 0.635. The minimum absolute atomic E-state index is 0.0389. The van der Waals surface area contributed by atoms with Gasteiger partial charge in [0.2, 0.25) is 0 Å². The van der Waals surface area contributed by atoms with Crippen LogP contribution in [0, 0.1) is 16.0 Å². The van der Waals surface area contributed by atoms with Crippen LogP contribution in [0.5, 0.6) is 0 Å². The third-order valence-electron chi connectivity index (χ3n) is 3.00. The van der Waals surface area contributed by atoms with Crippen LogP contribution in [0.25, 0.3) is 0 Å². The first kappa shape index (κ1) is 12.3. The highest BCUT2D eigenvalue weighted by Crippen LogP contribution is 2.32. The Bertz CT molecular complexity index is 471. The zero-order valence-electron chi connectivity index (χ0n) is 10.1. The van der Waals surface area contributed by atoms with Crippen LogP contribution in [0.2, 0.25) is 0 Å². The number of nitro groups is 1. The number of urea groups is 1. The summed E-state index contributed by atoms with van der Waals surface area (Å²) in [6, 6.07) is 5.70. The fraction of sp³-hybridized carbons (Fsp3) is 0.417. The van der Waals surface area contributed by atoms with Gasteiger partial charge in [-0.25, -0.2) is 4.79 Å². The van der Waals surface area contributed by atoms with Crippen molar-refractivity contribution in [2.75, 3.05) is 5.32 Å². The molecule has 0 saturated heterocycles. The highest BCUT2D eigenvalue weighted by atomic mass is 16.6. The molecule has 1 aromatic carbocycles. The fourth-order valence-electron chi connectivity index (χ4n) is 1.79. The van der Waals surface area contributed by atoms with Crippen LogP contribution in [-0.4, -0.2) is 17.0 Å². The molecule has 96 valence electrons. The van der Waals surface area contributed by atoms with Crippen LogP contribution in [0.15, 0.2) is 24.3 Å². The molecule has 0 aliphatic heterocycles. The molecule has 6 nitrogen and oxygen atoms in total.